The molecule has 1 amide bonds. The second-order valence-corrected chi connectivity index (χ2v) is 8.23. The number of carbonyl (C=O) groups is 1. The number of hydrogen-bond acceptors (Lipinski definition) is 2. The van der Waals surface area contributed by atoms with Crippen LogP contribution >= 0.6 is 0 Å². The minimum absolute atomic E-state index is 0.00749. The largest absolute Gasteiger partial charge is 0.346 e. The highest BCUT2D eigenvalue weighted by molar-refractivity contribution is 5.94. The lowest BCUT2D eigenvalue weighted by Crippen LogP contribution is -2.33. The highest BCUT2D eigenvalue weighted by Crippen LogP contribution is 2.20. The Hall–Kier alpha value is -2.13. The van der Waals surface area contributed by atoms with Gasteiger partial charge in [-0.3, -0.25) is 9.69 Å². The topological polar surface area (TPSA) is 32.3 Å². The Kier molecular flexibility index (Phi) is 6.33. The molecule has 0 radical (unpaired) electrons. The van der Waals surface area contributed by atoms with Crippen LogP contribution in [0.3, 0.4) is 0 Å². The van der Waals surface area contributed by atoms with Gasteiger partial charge in [-0.05, 0) is 74.9 Å². The van der Waals surface area contributed by atoms with Gasteiger partial charge in [-0.1, -0.05) is 42.8 Å². The van der Waals surface area contributed by atoms with Crippen molar-refractivity contribution in [2.75, 3.05) is 13.1 Å². The molecule has 3 rings (SSSR count). The molecule has 0 aliphatic carbocycles. The first kappa shape index (κ1) is 19.6. The Morgan fingerprint density at radius 2 is 1.93 bits per heavy atom. The van der Waals surface area contributed by atoms with Gasteiger partial charge < -0.3 is 5.32 Å². The van der Waals surface area contributed by atoms with Crippen molar-refractivity contribution in [3.05, 3.63) is 70.3 Å². The van der Waals surface area contributed by atoms with Gasteiger partial charge in [-0.15, -0.1) is 0 Å². The van der Waals surface area contributed by atoms with Crippen molar-refractivity contribution >= 4 is 5.91 Å². The fourth-order valence-corrected chi connectivity index (χ4v) is 4.03. The number of likely N-dealkylation sites (tertiary alicyclic amines) is 1. The summed E-state index contributed by atoms with van der Waals surface area (Å²) < 4.78 is 0. The van der Waals surface area contributed by atoms with Crippen LogP contribution in [0.25, 0.3) is 0 Å². The van der Waals surface area contributed by atoms with Crippen LogP contribution < -0.4 is 5.32 Å². The summed E-state index contributed by atoms with van der Waals surface area (Å²) in [5, 5.41) is 3.14. The van der Waals surface area contributed by atoms with Crippen LogP contribution in [-0.4, -0.2) is 23.9 Å². The molecule has 1 fully saturated rings. The molecule has 1 aliphatic heterocycles. The number of piperidine rings is 1. The Morgan fingerprint density at radius 3 is 2.63 bits per heavy atom. The smallest absolute Gasteiger partial charge is 0.251 e. The van der Waals surface area contributed by atoms with Crippen molar-refractivity contribution < 1.29 is 4.79 Å². The number of hydrogen-bond donors (Lipinski definition) is 1. The van der Waals surface area contributed by atoms with Gasteiger partial charge in [0.05, 0.1) is 6.04 Å². The maximum atomic E-state index is 12.6. The summed E-state index contributed by atoms with van der Waals surface area (Å²) in [5.41, 5.74) is 5.61. The monoisotopic (exact) mass is 364 g/mol. The minimum Gasteiger partial charge on any atom is -0.346 e. The molecule has 0 aromatic heterocycles. The molecule has 0 unspecified atom stereocenters. The van der Waals surface area contributed by atoms with Gasteiger partial charge in [0.1, 0.15) is 0 Å². The van der Waals surface area contributed by atoms with Crippen molar-refractivity contribution in [1.82, 2.24) is 10.2 Å². The average molecular weight is 365 g/mol. The fraction of sp³-hybridized carbons (Fsp3) is 0.458. The molecule has 3 nitrogen and oxygen atoms in total. The molecule has 1 heterocycles. The quantitative estimate of drug-likeness (QED) is 0.807. The second-order valence-electron chi connectivity index (χ2n) is 8.23. The SMILES string of the molecule is Cc1ccc(C)c([C@@H](C)NC(=O)c2ccc(CN3CCC[C@H](C)C3)cc2)c1. The standard InChI is InChI=1S/C24H32N2O/c1-17-7-8-19(3)23(14-17)20(4)25-24(27)22-11-9-21(10-12-22)16-26-13-5-6-18(2)15-26/h7-12,14,18,20H,5-6,13,15-16H2,1-4H3,(H,25,27)/t18-,20+/m0/s1. The van der Waals surface area contributed by atoms with Crippen LogP contribution in [-0.2, 0) is 6.54 Å². The third-order valence-electron chi connectivity index (χ3n) is 5.61. The molecule has 2 atom stereocenters. The second kappa shape index (κ2) is 8.71. The van der Waals surface area contributed by atoms with Crippen LogP contribution in [0.2, 0.25) is 0 Å². The van der Waals surface area contributed by atoms with E-state index in [0.717, 1.165) is 18.0 Å². The van der Waals surface area contributed by atoms with Gasteiger partial charge in [0.15, 0.2) is 0 Å². The van der Waals surface area contributed by atoms with Gasteiger partial charge in [0, 0.05) is 18.7 Å². The summed E-state index contributed by atoms with van der Waals surface area (Å²) in [7, 11) is 0. The summed E-state index contributed by atoms with van der Waals surface area (Å²) >= 11 is 0. The Labute approximate surface area is 163 Å². The Bertz CT molecular complexity index is 781. The lowest BCUT2D eigenvalue weighted by Gasteiger charge is -2.30. The van der Waals surface area contributed by atoms with E-state index in [0.29, 0.717) is 0 Å². The zero-order chi connectivity index (χ0) is 19.4. The molecule has 1 saturated heterocycles. The van der Waals surface area contributed by atoms with Gasteiger partial charge >= 0.3 is 0 Å². The van der Waals surface area contributed by atoms with Crippen molar-refractivity contribution in [3.63, 3.8) is 0 Å². The summed E-state index contributed by atoms with van der Waals surface area (Å²) in [6, 6.07) is 14.5. The van der Waals surface area contributed by atoms with Crippen molar-refractivity contribution in [2.24, 2.45) is 5.92 Å². The first-order chi connectivity index (χ1) is 12.9. The minimum atomic E-state index is -0.0125. The molecule has 144 valence electrons. The predicted octanol–water partition coefficient (Wildman–Crippen LogP) is 5.03. The summed E-state index contributed by atoms with van der Waals surface area (Å²) in [5.74, 6) is 0.775. The third-order valence-corrected chi connectivity index (χ3v) is 5.61. The first-order valence-electron chi connectivity index (χ1n) is 10.1. The Balaban J connectivity index is 1.61. The molecule has 0 bridgehead atoms. The number of carbonyl (C=O) groups excluding carboxylic acids is 1. The maximum absolute atomic E-state index is 12.6. The molecular formula is C24H32N2O. The highest BCUT2D eigenvalue weighted by Gasteiger charge is 2.17. The van der Waals surface area contributed by atoms with E-state index < -0.39 is 0 Å². The van der Waals surface area contributed by atoms with E-state index in [1.807, 2.05) is 19.1 Å². The number of aryl methyl sites for hydroxylation is 2. The van der Waals surface area contributed by atoms with Gasteiger partial charge in [-0.2, -0.15) is 0 Å². The van der Waals surface area contributed by atoms with Crippen LogP contribution in [0.15, 0.2) is 42.5 Å². The van der Waals surface area contributed by atoms with Crippen LogP contribution in [0.5, 0.6) is 0 Å². The lowest BCUT2D eigenvalue weighted by molar-refractivity contribution is 0.0940. The van der Waals surface area contributed by atoms with E-state index >= 15 is 0 Å². The molecule has 3 heteroatoms. The van der Waals surface area contributed by atoms with Crippen LogP contribution in [0.4, 0.5) is 0 Å². The molecule has 2 aromatic carbocycles. The molecule has 27 heavy (non-hydrogen) atoms. The van der Waals surface area contributed by atoms with E-state index in [1.165, 1.54) is 48.2 Å². The number of amides is 1. The van der Waals surface area contributed by atoms with Crippen molar-refractivity contribution in [3.8, 4) is 0 Å². The third kappa shape index (κ3) is 5.20. The van der Waals surface area contributed by atoms with Gasteiger partial charge in [0.25, 0.3) is 5.91 Å². The molecular weight excluding hydrogens is 332 g/mol. The van der Waals surface area contributed by atoms with Crippen molar-refractivity contribution in [1.29, 1.82) is 0 Å². The number of nitrogens with one attached hydrogen (secondary N) is 1. The van der Waals surface area contributed by atoms with E-state index in [-0.39, 0.29) is 11.9 Å². The molecule has 1 aliphatic rings. The molecule has 2 aromatic rings. The zero-order valence-electron chi connectivity index (χ0n) is 17.1. The number of benzene rings is 2. The summed E-state index contributed by atoms with van der Waals surface area (Å²) in [6.07, 6.45) is 2.63. The summed E-state index contributed by atoms with van der Waals surface area (Å²) in [4.78, 5) is 15.2. The van der Waals surface area contributed by atoms with Gasteiger partial charge in [0.2, 0.25) is 0 Å². The van der Waals surface area contributed by atoms with Gasteiger partial charge in [-0.25, -0.2) is 0 Å². The van der Waals surface area contributed by atoms with Crippen LogP contribution in [0.1, 0.15) is 65.3 Å². The molecule has 0 saturated carbocycles. The summed E-state index contributed by atoms with van der Waals surface area (Å²) in [6.45, 7) is 11.9. The normalized spacial score (nSPS) is 18.9. The highest BCUT2D eigenvalue weighted by atomic mass is 16.1. The maximum Gasteiger partial charge on any atom is 0.251 e. The van der Waals surface area contributed by atoms with E-state index in [2.05, 4.69) is 61.3 Å². The fourth-order valence-electron chi connectivity index (χ4n) is 4.03. The Morgan fingerprint density at radius 1 is 1.19 bits per heavy atom. The van der Waals surface area contributed by atoms with E-state index in [9.17, 15) is 4.79 Å². The van der Waals surface area contributed by atoms with E-state index in [4.69, 9.17) is 0 Å². The van der Waals surface area contributed by atoms with Crippen LogP contribution in [0, 0.1) is 19.8 Å². The number of rotatable bonds is 5. The number of nitrogens with zero attached hydrogens (tertiary/aromatic N) is 1. The lowest BCUT2D eigenvalue weighted by atomic mass is 9.99. The first-order valence-corrected chi connectivity index (χ1v) is 10.1. The molecule has 0 spiro atoms. The van der Waals surface area contributed by atoms with Crippen molar-refractivity contribution in [2.45, 2.75) is 53.1 Å². The predicted molar refractivity (Wildman–Crippen MR) is 112 cm³/mol. The average Bonchev–Trinajstić information content (AvgIpc) is 2.64. The molecule has 1 N–H and O–H groups in total. The van der Waals surface area contributed by atoms with E-state index in [1.54, 1.807) is 0 Å². The zero-order valence-corrected chi connectivity index (χ0v) is 17.1.